The summed E-state index contributed by atoms with van der Waals surface area (Å²) in [5.74, 6) is -2.36. The average molecular weight is 528 g/mol. The lowest BCUT2D eigenvalue weighted by Gasteiger charge is -2.49. The first-order valence-electron chi connectivity index (χ1n) is 10.1. The second-order valence-electron chi connectivity index (χ2n) is 7.51. The van der Waals surface area contributed by atoms with Crippen LogP contribution in [0.4, 0.5) is 5.13 Å². The number of carboxylic acids is 1. The van der Waals surface area contributed by atoms with Crippen LogP contribution in [0.25, 0.3) is 0 Å². The molecule has 3 atom stereocenters. The molecule has 0 radical (unpaired) electrons. The number of rotatable bonds is 8. The van der Waals surface area contributed by atoms with Gasteiger partial charge in [-0.3, -0.25) is 14.5 Å². The predicted octanol–water partition coefficient (Wildman–Crippen LogP) is 0.253. The Bertz CT molecular complexity index is 1080. The van der Waals surface area contributed by atoms with Gasteiger partial charge < -0.3 is 25.7 Å². The van der Waals surface area contributed by atoms with Gasteiger partial charge in [0, 0.05) is 35.7 Å². The number of nitrogens with one attached hydrogen (secondary N) is 1. The predicted molar refractivity (Wildman–Crippen MR) is 126 cm³/mol. The molecule has 2 fully saturated rings. The number of aromatic nitrogens is 1. The standard InChI is InChI=1S/C19H21N5O7S3/c1-8(25)31-23-12(11-7-34-19(20)21-11)15(26)22-13-16(27)24-14(18(28)29)9(6-33-17(13)24)5-32-10-2-3-30-4-10/h7,10,13,17H,2-6H2,1H3,(H2,20,21)(H,22,26)(H,28,29)/t10?,13-,17-/m1/s1. The molecule has 4 heterocycles. The van der Waals surface area contributed by atoms with Gasteiger partial charge in [-0.15, -0.1) is 23.1 Å². The maximum atomic E-state index is 12.9. The van der Waals surface area contributed by atoms with E-state index < -0.39 is 35.2 Å². The Balaban J connectivity index is 1.48. The third kappa shape index (κ3) is 5.06. The van der Waals surface area contributed by atoms with Crippen molar-refractivity contribution in [2.45, 2.75) is 30.0 Å². The SMILES string of the molecule is CC(=O)ON=C(C(=O)N[C@@H]1C(=O)N2C(C(=O)O)=C(CSC3CCOC3)CS[C@H]12)c1csc(N)n1. The summed E-state index contributed by atoms with van der Waals surface area (Å²) in [7, 11) is 0. The first kappa shape index (κ1) is 24.5. The number of carbonyl (C=O) groups is 4. The number of oxime groups is 1. The molecule has 0 bridgehead atoms. The van der Waals surface area contributed by atoms with Crippen molar-refractivity contribution >= 4 is 69.5 Å². The van der Waals surface area contributed by atoms with Crippen LogP contribution in [-0.4, -0.2) is 85.8 Å². The van der Waals surface area contributed by atoms with Crippen LogP contribution in [0.1, 0.15) is 19.0 Å². The van der Waals surface area contributed by atoms with E-state index in [1.807, 2.05) is 0 Å². The highest BCUT2D eigenvalue weighted by Crippen LogP contribution is 2.41. The third-order valence-electron chi connectivity index (χ3n) is 5.16. The van der Waals surface area contributed by atoms with E-state index in [9.17, 15) is 24.3 Å². The summed E-state index contributed by atoms with van der Waals surface area (Å²) in [6.07, 6.45) is 0.911. The number of ether oxygens (including phenoxy) is 1. The minimum absolute atomic E-state index is 0.0354. The molecule has 4 N–H and O–H groups in total. The Morgan fingerprint density at radius 3 is 2.88 bits per heavy atom. The summed E-state index contributed by atoms with van der Waals surface area (Å²) in [6.45, 7) is 2.45. The lowest BCUT2D eigenvalue weighted by Crippen LogP contribution is -2.71. The summed E-state index contributed by atoms with van der Waals surface area (Å²) in [4.78, 5) is 58.7. The van der Waals surface area contributed by atoms with Crippen LogP contribution in [0.5, 0.6) is 0 Å². The molecule has 0 spiro atoms. The molecule has 12 nitrogen and oxygen atoms in total. The monoisotopic (exact) mass is 527 g/mol. The Morgan fingerprint density at radius 2 is 2.26 bits per heavy atom. The van der Waals surface area contributed by atoms with Gasteiger partial charge in [0.05, 0.1) is 6.61 Å². The molecule has 1 unspecified atom stereocenters. The van der Waals surface area contributed by atoms with E-state index in [0.717, 1.165) is 24.7 Å². The number of β-lactam (4-membered cyclic amide) rings is 1. The Kier molecular flexibility index (Phi) is 7.45. The highest BCUT2D eigenvalue weighted by Gasteiger charge is 2.54. The van der Waals surface area contributed by atoms with Gasteiger partial charge in [0.2, 0.25) is 0 Å². The summed E-state index contributed by atoms with van der Waals surface area (Å²) in [5, 5.41) is 17.3. The second kappa shape index (κ2) is 10.3. The number of thiazole rings is 1. The van der Waals surface area contributed by atoms with Crippen LogP contribution >= 0.6 is 34.9 Å². The lowest BCUT2D eigenvalue weighted by atomic mass is 10.0. The Morgan fingerprint density at radius 1 is 1.47 bits per heavy atom. The summed E-state index contributed by atoms with van der Waals surface area (Å²) in [6, 6.07) is -0.970. The number of hydrogen-bond donors (Lipinski definition) is 3. The van der Waals surface area contributed by atoms with Crippen molar-refractivity contribution in [2.24, 2.45) is 5.16 Å². The van der Waals surface area contributed by atoms with E-state index in [1.54, 1.807) is 11.8 Å². The van der Waals surface area contributed by atoms with E-state index in [-0.39, 0.29) is 22.2 Å². The van der Waals surface area contributed by atoms with Gasteiger partial charge in [-0.25, -0.2) is 14.6 Å². The Labute approximate surface area is 206 Å². The first-order chi connectivity index (χ1) is 16.3. The van der Waals surface area contributed by atoms with Crippen molar-refractivity contribution in [2.75, 3.05) is 30.5 Å². The molecule has 15 heteroatoms. The molecule has 3 aliphatic heterocycles. The van der Waals surface area contributed by atoms with Crippen molar-refractivity contribution in [3.63, 3.8) is 0 Å². The molecular formula is C19H21N5O7S3. The molecule has 1 aromatic heterocycles. The highest BCUT2D eigenvalue weighted by molar-refractivity contribution is 8.01. The van der Waals surface area contributed by atoms with E-state index in [0.29, 0.717) is 35.5 Å². The quantitative estimate of drug-likeness (QED) is 0.183. The summed E-state index contributed by atoms with van der Waals surface area (Å²) >= 11 is 4.06. The maximum absolute atomic E-state index is 12.9. The smallest absolute Gasteiger partial charge is 0.352 e. The van der Waals surface area contributed by atoms with Crippen LogP contribution in [0.15, 0.2) is 21.8 Å². The van der Waals surface area contributed by atoms with Gasteiger partial charge in [-0.1, -0.05) is 5.16 Å². The van der Waals surface area contributed by atoms with Crippen molar-refractivity contribution in [3.05, 3.63) is 22.3 Å². The molecule has 0 aliphatic carbocycles. The number of thioether (sulfide) groups is 2. The van der Waals surface area contributed by atoms with Gasteiger partial charge >= 0.3 is 11.9 Å². The van der Waals surface area contributed by atoms with E-state index >= 15 is 0 Å². The van der Waals surface area contributed by atoms with Crippen molar-refractivity contribution in [1.82, 2.24) is 15.2 Å². The molecule has 0 aromatic carbocycles. The van der Waals surface area contributed by atoms with Gasteiger partial charge in [0.1, 0.15) is 22.8 Å². The topological polar surface area (TPSA) is 174 Å². The average Bonchev–Trinajstić information content (AvgIpc) is 3.47. The zero-order valence-electron chi connectivity index (χ0n) is 17.9. The first-order valence-corrected chi connectivity index (χ1v) is 13.1. The number of hydrogen-bond acceptors (Lipinski definition) is 12. The van der Waals surface area contributed by atoms with E-state index in [4.69, 9.17) is 10.5 Å². The zero-order chi connectivity index (χ0) is 24.4. The number of amides is 2. The minimum Gasteiger partial charge on any atom is -0.477 e. The second-order valence-corrected chi connectivity index (χ2v) is 10.8. The molecule has 34 heavy (non-hydrogen) atoms. The summed E-state index contributed by atoms with van der Waals surface area (Å²) < 4.78 is 5.36. The molecule has 4 rings (SSSR count). The number of carbonyl (C=O) groups excluding carboxylic acids is 3. The molecule has 2 amide bonds. The van der Waals surface area contributed by atoms with Crippen LogP contribution in [0, 0.1) is 0 Å². The van der Waals surface area contributed by atoms with Crippen LogP contribution < -0.4 is 11.1 Å². The maximum Gasteiger partial charge on any atom is 0.352 e. The fraction of sp³-hybridized carbons (Fsp3) is 0.474. The molecule has 3 aliphatic rings. The number of nitrogens with zero attached hydrogens (tertiary/aromatic N) is 3. The number of fused-ring (bicyclic) bond motifs is 1. The molecule has 2 saturated heterocycles. The van der Waals surface area contributed by atoms with Crippen molar-refractivity contribution < 1.29 is 33.9 Å². The van der Waals surface area contributed by atoms with E-state index in [2.05, 4.69) is 20.3 Å². The fourth-order valence-corrected chi connectivity index (χ4v) is 6.73. The zero-order valence-corrected chi connectivity index (χ0v) is 20.3. The van der Waals surface area contributed by atoms with Crippen LogP contribution in [0.2, 0.25) is 0 Å². The van der Waals surface area contributed by atoms with Crippen molar-refractivity contribution in [3.8, 4) is 0 Å². The highest BCUT2D eigenvalue weighted by atomic mass is 32.2. The largest absolute Gasteiger partial charge is 0.477 e. The molecule has 0 saturated carbocycles. The van der Waals surface area contributed by atoms with Crippen LogP contribution in [0.3, 0.4) is 0 Å². The normalized spacial score (nSPS) is 24.5. The van der Waals surface area contributed by atoms with Gasteiger partial charge in [0.15, 0.2) is 10.8 Å². The van der Waals surface area contributed by atoms with Gasteiger partial charge in [-0.2, -0.15) is 11.8 Å². The van der Waals surface area contributed by atoms with Crippen molar-refractivity contribution in [1.29, 1.82) is 0 Å². The number of nitrogens with two attached hydrogens (primary N) is 1. The molecular weight excluding hydrogens is 506 g/mol. The molecule has 182 valence electrons. The fourth-order valence-electron chi connectivity index (χ4n) is 3.58. The number of aliphatic carboxylic acids is 1. The number of nitrogen functional groups attached to an aromatic ring is 1. The van der Waals surface area contributed by atoms with Crippen LogP contribution in [-0.2, 0) is 28.8 Å². The third-order valence-corrected chi connectivity index (χ3v) is 8.53. The van der Waals surface area contributed by atoms with Gasteiger partial charge in [0.25, 0.3) is 11.8 Å². The Hall–Kier alpha value is -2.62. The summed E-state index contributed by atoms with van der Waals surface area (Å²) in [5.41, 5.74) is 6.02. The number of carboxylic acid groups (broad SMARTS) is 1. The molecule has 1 aromatic rings. The van der Waals surface area contributed by atoms with E-state index in [1.165, 1.54) is 22.0 Å². The minimum atomic E-state index is -1.18. The van der Waals surface area contributed by atoms with Gasteiger partial charge in [-0.05, 0) is 12.0 Å². The number of anilines is 1. The lowest BCUT2D eigenvalue weighted by molar-refractivity contribution is -0.150.